The van der Waals surface area contributed by atoms with Crippen LogP contribution in [-0.2, 0) is 20.9 Å². The van der Waals surface area contributed by atoms with Gasteiger partial charge in [0.05, 0.1) is 18.6 Å². The van der Waals surface area contributed by atoms with Gasteiger partial charge in [-0.1, -0.05) is 22.0 Å². The van der Waals surface area contributed by atoms with Gasteiger partial charge in [0.2, 0.25) is 0 Å². The highest BCUT2D eigenvalue weighted by atomic mass is 79.9. The van der Waals surface area contributed by atoms with E-state index in [-0.39, 0.29) is 12.4 Å². The molecule has 1 atom stereocenters. The van der Waals surface area contributed by atoms with Crippen LogP contribution in [0.25, 0.3) is 0 Å². The van der Waals surface area contributed by atoms with Gasteiger partial charge in [-0.15, -0.1) is 0 Å². The Labute approximate surface area is 183 Å². The molecule has 2 aliphatic rings. The second-order valence-electron chi connectivity index (χ2n) is 7.31. The molecular weight excluding hydrogens is 450 g/mol. The van der Waals surface area contributed by atoms with Gasteiger partial charge in [0.1, 0.15) is 23.9 Å². The minimum absolute atomic E-state index is 0.0333. The number of carbonyl (C=O) groups is 2. The Balaban J connectivity index is 1.65. The Morgan fingerprint density at radius 3 is 2.87 bits per heavy atom. The summed E-state index contributed by atoms with van der Waals surface area (Å²) in [6, 6.07) is 11.2. The number of esters is 1. The normalized spacial score (nSPS) is 18.8. The van der Waals surface area contributed by atoms with E-state index in [4.69, 9.17) is 13.9 Å². The van der Waals surface area contributed by atoms with Crippen LogP contribution in [0.2, 0.25) is 0 Å². The van der Waals surface area contributed by atoms with Crippen LogP contribution in [0.3, 0.4) is 0 Å². The Morgan fingerprint density at radius 1 is 1.27 bits per heavy atom. The van der Waals surface area contributed by atoms with E-state index < -0.39 is 11.9 Å². The van der Waals surface area contributed by atoms with Crippen molar-refractivity contribution in [3.05, 3.63) is 74.9 Å². The zero-order chi connectivity index (χ0) is 21.3. The first-order chi connectivity index (χ1) is 14.5. The zero-order valence-electron chi connectivity index (χ0n) is 16.8. The van der Waals surface area contributed by atoms with E-state index in [2.05, 4.69) is 21.2 Å². The molecule has 0 unspecified atom stereocenters. The number of ketones is 1. The summed E-state index contributed by atoms with van der Waals surface area (Å²) < 4.78 is 17.8. The number of rotatable bonds is 5. The van der Waals surface area contributed by atoms with Gasteiger partial charge in [-0.3, -0.25) is 4.79 Å². The first-order valence-corrected chi connectivity index (χ1v) is 10.6. The van der Waals surface area contributed by atoms with E-state index in [1.165, 1.54) is 7.11 Å². The number of hydrogen-bond acceptors (Lipinski definition) is 6. The fraction of sp³-hybridized carbons (Fsp3) is 0.304. The second-order valence-corrected chi connectivity index (χ2v) is 8.22. The molecule has 1 aliphatic carbocycles. The standard InChI is InChI=1S/C23H22BrNO5/c1-13-20(23(27)28-2)22(21-17(25-13)7-4-8-18(21)26)19-10-9-16(30-19)12-29-15-6-3-5-14(24)11-15/h3,5-6,9-11,22,25H,4,7-8,12H2,1-2H3/t22-/m1/s1. The average Bonchev–Trinajstić information content (AvgIpc) is 3.20. The summed E-state index contributed by atoms with van der Waals surface area (Å²) in [5, 5.41) is 3.24. The minimum Gasteiger partial charge on any atom is -0.486 e. The molecule has 2 heterocycles. The van der Waals surface area contributed by atoms with Crippen molar-refractivity contribution >= 4 is 27.7 Å². The maximum atomic E-state index is 12.8. The number of hydrogen-bond donors (Lipinski definition) is 1. The van der Waals surface area contributed by atoms with Crippen LogP contribution in [0.5, 0.6) is 5.75 Å². The molecule has 30 heavy (non-hydrogen) atoms. The summed E-state index contributed by atoms with van der Waals surface area (Å²) >= 11 is 3.42. The van der Waals surface area contributed by atoms with Crippen molar-refractivity contribution in [3.63, 3.8) is 0 Å². The SMILES string of the molecule is COC(=O)C1=C(C)NC2=C(C(=O)CCC2)[C@@H]1c1ccc(COc2cccc(Br)c2)o1. The first kappa shape index (κ1) is 20.5. The molecule has 0 amide bonds. The van der Waals surface area contributed by atoms with E-state index in [0.29, 0.717) is 40.5 Å². The number of dihydropyridines is 1. The molecule has 0 bridgehead atoms. The highest BCUT2D eigenvalue weighted by molar-refractivity contribution is 9.10. The topological polar surface area (TPSA) is 77.8 Å². The van der Waals surface area contributed by atoms with Crippen LogP contribution >= 0.6 is 15.9 Å². The number of carbonyl (C=O) groups excluding carboxylic acids is 2. The Hall–Kier alpha value is -2.80. The number of Topliss-reactive ketones (excluding diaryl/α,β-unsaturated/α-hetero) is 1. The summed E-state index contributed by atoms with van der Waals surface area (Å²) in [6.45, 7) is 2.06. The fourth-order valence-electron chi connectivity index (χ4n) is 3.99. The van der Waals surface area contributed by atoms with Crippen molar-refractivity contribution in [1.82, 2.24) is 5.32 Å². The maximum Gasteiger partial charge on any atom is 0.336 e. The fourth-order valence-corrected chi connectivity index (χ4v) is 4.37. The number of halogens is 1. The molecule has 2 aromatic rings. The van der Waals surface area contributed by atoms with Gasteiger partial charge in [-0.05, 0) is 50.1 Å². The van der Waals surface area contributed by atoms with Crippen LogP contribution < -0.4 is 10.1 Å². The average molecular weight is 472 g/mol. The molecule has 0 saturated carbocycles. The number of nitrogens with one attached hydrogen (secondary N) is 1. The maximum absolute atomic E-state index is 12.8. The number of methoxy groups -OCH3 is 1. The third-order valence-electron chi connectivity index (χ3n) is 5.33. The molecular formula is C23H22BrNO5. The molecule has 1 aromatic heterocycles. The largest absolute Gasteiger partial charge is 0.486 e. The Morgan fingerprint density at radius 2 is 2.10 bits per heavy atom. The Bertz CT molecular complexity index is 1070. The lowest BCUT2D eigenvalue weighted by atomic mass is 9.77. The van der Waals surface area contributed by atoms with E-state index in [1.807, 2.05) is 37.3 Å². The van der Waals surface area contributed by atoms with Crippen molar-refractivity contribution in [1.29, 1.82) is 0 Å². The van der Waals surface area contributed by atoms with Gasteiger partial charge >= 0.3 is 5.97 Å². The van der Waals surface area contributed by atoms with Crippen molar-refractivity contribution in [2.45, 2.75) is 38.7 Å². The molecule has 0 saturated heterocycles. The molecule has 1 aliphatic heterocycles. The summed E-state index contributed by atoms with van der Waals surface area (Å²) in [5.41, 5.74) is 2.55. The van der Waals surface area contributed by atoms with E-state index in [9.17, 15) is 9.59 Å². The van der Waals surface area contributed by atoms with E-state index >= 15 is 0 Å². The Kier molecular flexibility index (Phi) is 5.81. The summed E-state index contributed by atoms with van der Waals surface area (Å²) in [7, 11) is 1.34. The summed E-state index contributed by atoms with van der Waals surface area (Å²) in [4.78, 5) is 25.3. The molecule has 1 N–H and O–H groups in total. The van der Waals surface area contributed by atoms with Gasteiger partial charge in [0, 0.05) is 27.9 Å². The number of ether oxygens (including phenoxy) is 2. The molecule has 6 nitrogen and oxygen atoms in total. The first-order valence-electron chi connectivity index (χ1n) is 9.77. The highest BCUT2D eigenvalue weighted by Crippen LogP contribution is 2.43. The van der Waals surface area contributed by atoms with Crippen molar-refractivity contribution in [3.8, 4) is 5.75 Å². The van der Waals surface area contributed by atoms with Crippen LogP contribution in [0, 0.1) is 0 Å². The van der Waals surface area contributed by atoms with Crippen molar-refractivity contribution in [2.75, 3.05) is 7.11 Å². The zero-order valence-corrected chi connectivity index (χ0v) is 18.4. The molecule has 156 valence electrons. The quantitative estimate of drug-likeness (QED) is 0.633. The van der Waals surface area contributed by atoms with E-state index in [1.54, 1.807) is 6.07 Å². The smallest absolute Gasteiger partial charge is 0.336 e. The minimum atomic E-state index is -0.582. The van der Waals surface area contributed by atoms with Crippen LogP contribution in [0.15, 0.2) is 67.8 Å². The van der Waals surface area contributed by atoms with E-state index in [0.717, 1.165) is 23.0 Å². The molecule has 1 aromatic carbocycles. The molecule has 7 heteroatoms. The van der Waals surface area contributed by atoms with Crippen LogP contribution in [-0.4, -0.2) is 18.9 Å². The number of benzene rings is 1. The lowest BCUT2D eigenvalue weighted by molar-refractivity contribution is -0.136. The third kappa shape index (κ3) is 3.94. The summed E-state index contributed by atoms with van der Waals surface area (Å²) in [6.07, 6.45) is 2.02. The van der Waals surface area contributed by atoms with Gasteiger partial charge in [-0.25, -0.2) is 4.79 Å². The van der Waals surface area contributed by atoms with Gasteiger partial charge in [0.25, 0.3) is 0 Å². The van der Waals surface area contributed by atoms with Crippen molar-refractivity contribution < 1.29 is 23.5 Å². The molecule has 0 fully saturated rings. The highest BCUT2D eigenvalue weighted by Gasteiger charge is 2.40. The third-order valence-corrected chi connectivity index (χ3v) is 5.82. The number of allylic oxidation sites excluding steroid dienone is 3. The molecule has 4 rings (SSSR count). The molecule has 0 spiro atoms. The van der Waals surface area contributed by atoms with Crippen molar-refractivity contribution in [2.24, 2.45) is 0 Å². The second kappa shape index (κ2) is 8.52. The van der Waals surface area contributed by atoms with Crippen LogP contribution in [0.4, 0.5) is 0 Å². The molecule has 0 radical (unpaired) electrons. The summed E-state index contributed by atoms with van der Waals surface area (Å²) in [5.74, 6) is 0.829. The predicted molar refractivity (Wildman–Crippen MR) is 114 cm³/mol. The lowest BCUT2D eigenvalue weighted by Crippen LogP contribution is -2.34. The van der Waals surface area contributed by atoms with Gasteiger partial charge < -0.3 is 19.2 Å². The van der Waals surface area contributed by atoms with Gasteiger partial charge in [0.15, 0.2) is 5.78 Å². The lowest BCUT2D eigenvalue weighted by Gasteiger charge is -2.32. The van der Waals surface area contributed by atoms with Gasteiger partial charge in [-0.2, -0.15) is 0 Å². The van der Waals surface area contributed by atoms with Crippen LogP contribution in [0.1, 0.15) is 43.6 Å². The predicted octanol–water partition coefficient (Wildman–Crippen LogP) is 4.76. The monoisotopic (exact) mass is 471 g/mol. The number of furan rings is 1.